The van der Waals surface area contributed by atoms with Gasteiger partial charge < -0.3 is 15.5 Å². The number of nitrogens with zero attached hydrogens (tertiary/aromatic N) is 2. The van der Waals surface area contributed by atoms with Gasteiger partial charge in [-0.3, -0.25) is 0 Å². The molecular formula is C6H12N4O. The van der Waals surface area contributed by atoms with Crippen molar-refractivity contribution < 1.29 is 4.79 Å². The third-order valence-electron chi connectivity index (χ3n) is 1.01. The standard InChI is InChI=1S/C6H12N4O/c1-10(2)6(11)9-4-3-8-5-7/h8H,3-4H2,1-2H3,(H,9,11). The van der Waals surface area contributed by atoms with Gasteiger partial charge in [0.1, 0.15) is 0 Å². The number of hydrogen-bond donors (Lipinski definition) is 2. The Balaban J connectivity index is 3.26. The van der Waals surface area contributed by atoms with Crippen molar-refractivity contribution in [1.82, 2.24) is 15.5 Å². The lowest BCUT2D eigenvalue weighted by Gasteiger charge is -2.10. The van der Waals surface area contributed by atoms with E-state index in [2.05, 4.69) is 10.6 Å². The van der Waals surface area contributed by atoms with Gasteiger partial charge in [-0.25, -0.2) is 4.79 Å². The van der Waals surface area contributed by atoms with Crippen LogP contribution in [0.2, 0.25) is 0 Å². The molecular weight excluding hydrogens is 144 g/mol. The molecule has 0 bridgehead atoms. The van der Waals surface area contributed by atoms with E-state index in [4.69, 9.17) is 5.26 Å². The Hall–Kier alpha value is -1.44. The highest BCUT2D eigenvalue weighted by Crippen LogP contribution is 1.74. The predicted octanol–water partition coefficient (Wildman–Crippen LogP) is -0.672. The van der Waals surface area contributed by atoms with E-state index in [1.54, 1.807) is 20.3 Å². The normalized spacial score (nSPS) is 8.09. The molecule has 0 rings (SSSR count). The first-order valence-electron chi connectivity index (χ1n) is 3.25. The zero-order valence-corrected chi connectivity index (χ0v) is 6.72. The van der Waals surface area contributed by atoms with Crippen LogP contribution in [0.3, 0.4) is 0 Å². The van der Waals surface area contributed by atoms with Crippen LogP contribution in [-0.4, -0.2) is 38.1 Å². The summed E-state index contributed by atoms with van der Waals surface area (Å²) in [6.45, 7) is 0.931. The molecule has 2 N–H and O–H groups in total. The van der Waals surface area contributed by atoms with Gasteiger partial charge >= 0.3 is 6.03 Å². The summed E-state index contributed by atoms with van der Waals surface area (Å²) in [5.41, 5.74) is 0. The molecule has 0 heterocycles. The number of nitriles is 1. The van der Waals surface area contributed by atoms with Crippen LogP contribution in [0.4, 0.5) is 4.79 Å². The Morgan fingerprint density at radius 3 is 2.64 bits per heavy atom. The van der Waals surface area contributed by atoms with Crippen LogP contribution in [0.25, 0.3) is 0 Å². The molecule has 0 spiro atoms. The lowest BCUT2D eigenvalue weighted by molar-refractivity contribution is 0.217. The number of rotatable bonds is 3. The first-order chi connectivity index (χ1) is 5.18. The minimum Gasteiger partial charge on any atom is -0.336 e. The van der Waals surface area contributed by atoms with E-state index in [0.29, 0.717) is 13.1 Å². The summed E-state index contributed by atoms with van der Waals surface area (Å²) in [6.07, 6.45) is 1.76. The quantitative estimate of drug-likeness (QED) is 0.323. The number of carbonyl (C=O) groups excluding carboxylic acids is 1. The maximum absolute atomic E-state index is 10.8. The van der Waals surface area contributed by atoms with Crippen LogP contribution in [-0.2, 0) is 0 Å². The summed E-state index contributed by atoms with van der Waals surface area (Å²) in [5.74, 6) is 0. The molecule has 5 heteroatoms. The molecule has 0 saturated heterocycles. The summed E-state index contributed by atoms with van der Waals surface area (Å²) in [5, 5.41) is 13.1. The Morgan fingerprint density at radius 2 is 2.18 bits per heavy atom. The average Bonchev–Trinajstić information content (AvgIpc) is 1.97. The van der Waals surface area contributed by atoms with Gasteiger partial charge in [-0.05, 0) is 0 Å². The smallest absolute Gasteiger partial charge is 0.316 e. The molecule has 0 aromatic heterocycles. The van der Waals surface area contributed by atoms with Crippen molar-refractivity contribution in [2.24, 2.45) is 0 Å². The zero-order chi connectivity index (χ0) is 8.69. The monoisotopic (exact) mass is 156 g/mol. The summed E-state index contributed by atoms with van der Waals surface area (Å²) in [4.78, 5) is 12.2. The highest BCUT2D eigenvalue weighted by Gasteiger charge is 1.99. The number of urea groups is 1. The second-order valence-electron chi connectivity index (χ2n) is 2.16. The number of hydrogen-bond acceptors (Lipinski definition) is 3. The highest BCUT2D eigenvalue weighted by atomic mass is 16.2. The topological polar surface area (TPSA) is 68.2 Å². The lowest BCUT2D eigenvalue weighted by Crippen LogP contribution is -2.37. The Morgan fingerprint density at radius 1 is 1.55 bits per heavy atom. The summed E-state index contributed by atoms with van der Waals surface area (Å²) >= 11 is 0. The molecule has 5 nitrogen and oxygen atoms in total. The van der Waals surface area contributed by atoms with Crippen molar-refractivity contribution in [1.29, 1.82) is 5.26 Å². The molecule has 62 valence electrons. The van der Waals surface area contributed by atoms with Gasteiger partial charge in [0.15, 0.2) is 6.19 Å². The molecule has 0 aliphatic carbocycles. The van der Waals surface area contributed by atoms with Gasteiger partial charge in [-0.1, -0.05) is 0 Å². The van der Waals surface area contributed by atoms with Crippen LogP contribution >= 0.6 is 0 Å². The van der Waals surface area contributed by atoms with Crippen LogP contribution in [0.1, 0.15) is 0 Å². The van der Waals surface area contributed by atoms with E-state index in [1.807, 2.05) is 0 Å². The van der Waals surface area contributed by atoms with Gasteiger partial charge in [0, 0.05) is 27.2 Å². The fraction of sp³-hybridized carbons (Fsp3) is 0.667. The van der Waals surface area contributed by atoms with E-state index in [0.717, 1.165) is 0 Å². The molecule has 0 saturated carbocycles. The highest BCUT2D eigenvalue weighted by molar-refractivity contribution is 5.73. The first-order valence-corrected chi connectivity index (χ1v) is 3.25. The molecule has 0 radical (unpaired) electrons. The average molecular weight is 156 g/mol. The van der Waals surface area contributed by atoms with Crippen molar-refractivity contribution >= 4 is 6.03 Å². The minimum absolute atomic E-state index is 0.148. The molecule has 0 aromatic carbocycles. The third-order valence-corrected chi connectivity index (χ3v) is 1.01. The molecule has 0 unspecified atom stereocenters. The lowest BCUT2D eigenvalue weighted by atomic mass is 10.6. The van der Waals surface area contributed by atoms with Crippen molar-refractivity contribution in [3.8, 4) is 6.19 Å². The van der Waals surface area contributed by atoms with Crippen molar-refractivity contribution in [2.75, 3.05) is 27.2 Å². The van der Waals surface area contributed by atoms with Crippen LogP contribution in [0, 0.1) is 11.5 Å². The Labute approximate surface area is 66.0 Å². The largest absolute Gasteiger partial charge is 0.336 e. The van der Waals surface area contributed by atoms with Gasteiger partial charge in [0.05, 0.1) is 0 Å². The zero-order valence-electron chi connectivity index (χ0n) is 6.72. The SMILES string of the molecule is CN(C)C(=O)NCCNC#N. The second-order valence-corrected chi connectivity index (χ2v) is 2.16. The van der Waals surface area contributed by atoms with Gasteiger partial charge in [-0.15, -0.1) is 0 Å². The van der Waals surface area contributed by atoms with Gasteiger partial charge in [-0.2, -0.15) is 5.26 Å². The molecule has 0 aliphatic heterocycles. The number of amides is 2. The molecule has 11 heavy (non-hydrogen) atoms. The molecule has 0 aromatic rings. The van der Waals surface area contributed by atoms with Crippen molar-refractivity contribution in [3.05, 3.63) is 0 Å². The summed E-state index contributed by atoms with van der Waals surface area (Å²) in [7, 11) is 3.32. The second kappa shape index (κ2) is 5.35. The van der Waals surface area contributed by atoms with Gasteiger partial charge in [0.25, 0.3) is 0 Å². The van der Waals surface area contributed by atoms with E-state index in [1.165, 1.54) is 4.90 Å². The van der Waals surface area contributed by atoms with Crippen LogP contribution in [0.15, 0.2) is 0 Å². The van der Waals surface area contributed by atoms with E-state index in [-0.39, 0.29) is 6.03 Å². The van der Waals surface area contributed by atoms with E-state index >= 15 is 0 Å². The molecule has 0 atom stereocenters. The van der Waals surface area contributed by atoms with Crippen LogP contribution in [0.5, 0.6) is 0 Å². The van der Waals surface area contributed by atoms with E-state index < -0.39 is 0 Å². The summed E-state index contributed by atoms with van der Waals surface area (Å²) in [6, 6.07) is -0.148. The fourth-order valence-electron chi connectivity index (χ4n) is 0.446. The number of carbonyl (C=O) groups is 1. The molecule has 0 aliphatic rings. The van der Waals surface area contributed by atoms with Crippen molar-refractivity contribution in [3.63, 3.8) is 0 Å². The predicted molar refractivity (Wildman–Crippen MR) is 40.7 cm³/mol. The van der Waals surface area contributed by atoms with E-state index in [9.17, 15) is 4.79 Å². The first kappa shape index (κ1) is 9.56. The molecule has 2 amide bonds. The Bertz CT molecular complexity index is 160. The maximum atomic E-state index is 10.8. The maximum Gasteiger partial charge on any atom is 0.316 e. The van der Waals surface area contributed by atoms with Crippen molar-refractivity contribution in [2.45, 2.75) is 0 Å². The number of nitrogens with one attached hydrogen (secondary N) is 2. The summed E-state index contributed by atoms with van der Waals surface area (Å²) < 4.78 is 0. The molecule has 0 fully saturated rings. The van der Waals surface area contributed by atoms with Crippen LogP contribution < -0.4 is 10.6 Å². The minimum atomic E-state index is -0.148. The fourth-order valence-corrected chi connectivity index (χ4v) is 0.446. The van der Waals surface area contributed by atoms with Gasteiger partial charge in [0.2, 0.25) is 0 Å². The Kier molecular flexibility index (Phi) is 4.65. The third kappa shape index (κ3) is 5.03.